The molecule has 31 heavy (non-hydrogen) atoms. The number of ether oxygens (including phenoxy) is 2. The SMILES string of the molecule is Brc1ccc(COc2c(I)cc(C=Nc3ccc(N4CCOCC4)cc3)cc2I)cc1. The van der Waals surface area contributed by atoms with Crippen LogP contribution in [0.2, 0.25) is 0 Å². The number of hydrogen-bond donors (Lipinski definition) is 0. The van der Waals surface area contributed by atoms with Crippen molar-refractivity contribution in [1.82, 2.24) is 0 Å². The number of morpholine rings is 1. The van der Waals surface area contributed by atoms with Gasteiger partial charge in [-0.3, -0.25) is 4.99 Å². The quantitative estimate of drug-likeness (QED) is 0.209. The second-order valence-corrected chi connectivity index (χ2v) is 10.3. The molecule has 3 aromatic carbocycles. The highest BCUT2D eigenvalue weighted by Gasteiger charge is 2.11. The average molecular weight is 703 g/mol. The van der Waals surface area contributed by atoms with E-state index in [0.29, 0.717) is 6.61 Å². The fraction of sp³-hybridized carbons (Fsp3) is 0.208. The molecule has 1 aliphatic heterocycles. The molecule has 0 aliphatic carbocycles. The third-order valence-electron chi connectivity index (χ3n) is 4.91. The van der Waals surface area contributed by atoms with Crippen molar-refractivity contribution in [3.8, 4) is 5.75 Å². The summed E-state index contributed by atoms with van der Waals surface area (Å²) < 4.78 is 14.7. The van der Waals surface area contributed by atoms with Gasteiger partial charge >= 0.3 is 0 Å². The Labute approximate surface area is 218 Å². The summed E-state index contributed by atoms with van der Waals surface area (Å²) in [7, 11) is 0. The van der Waals surface area contributed by atoms with Crippen LogP contribution in [0.25, 0.3) is 0 Å². The van der Waals surface area contributed by atoms with Crippen molar-refractivity contribution in [3.05, 3.63) is 83.4 Å². The van der Waals surface area contributed by atoms with E-state index in [9.17, 15) is 0 Å². The van der Waals surface area contributed by atoms with Crippen molar-refractivity contribution in [2.24, 2.45) is 4.99 Å². The van der Waals surface area contributed by atoms with Gasteiger partial charge < -0.3 is 14.4 Å². The number of rotatable bonds is 6. The first-order chi connectivity index (χ1) is 15.1. The van der Waals surface area contributed by atoms with Gasteiger partial charge in [0.05, 0.1) is 26.0 Å². The van der Waals surface area contributed by atoms with Crippen LogP contribution in [0.1, 0.15) is 11.1 Å². The first kappa shape index (κ1) is 23.0. The van der Waals surface area contributed by atoms with Crippen molar-refractivity contribution in [2.75, 3.05) is 31.2 Å². The molecule has 0 saturated carbocycles. The highest BCUT2D eigenvalue weighted by Crippen LogP contribution is 2.30. The predicted octanol–water partition coefficient (Wildman–Crippen LogP) is 6.82. The Hall–Kier alpha value is -1.17. The normalized spacial score (nSPS) is 14.2. The van der Waals surface area contributed by atoms with Crippen molar-refractivity contribution in [3.63, 3.8) is 0 Å². The molecule has 0 aromatic heterocycles. The van der Waals surface area contributed by atoms with E-state index in [2.05, 4.69) is 120 Å². The van der Waals surface area contributed by atoms with Gasteiger partial charge in [0.15, 0.2) is 0 Å². The van der Waals surface area contributed by atoms with Crippen LogP contribution >= 0.6 is 61.1 Å². The van der Waals surface area contributed by atoms with Gasteiger partial charge in [-0.25, -0.2) is 0 Å². The zero-order chi connectivity index (χ0) is 21.6. The lowest BCUT2D eigenvalue weighted by Crippen LogP contribution is -2.36. The van der Waals surface area contributed by atoms with Gasteiger partial charge in [-0.05, 0) is 105 Å². The molecule has 1 aliphatic rings. The second-order valence-electron chi connectivity index (χ2n) is 7.10. The summed E-state index contributed by atoms with van der Waals surface area (Å²) in [5, 5.41) is 0. The molecule has 1 heterocycles. The third-order valence-corrected chi connectivity index (χ3v) is 7.04. The molecule has 1 fully saturated rings. The molecule has 160 valence electrons. The van der Waals surface area contributed by atoms with Crippen LogP contribution in [0.3, 0.4) is 0 Å². The van der Waals surface area contributed by atoms with E-state index >= 15 is 0 Å². The molecule has 0 amide bonds. The minimum atomic E-state index is 0.544. The number of hydrogen-bond acceptors (Lipinski definition) is 4. The maximum Gasteiger partial charge on any atom is 0.146 e. The van der Waals surface area contributed by atoms with Gasteiger partial charge in [-0.1, -0.05) is 28.1 Å². The Bertz CT molecular complexity index is 1030. The molecule has 7 heteroatoms. The second kappa shape index (κ2) is 11.1. The van der Waals surface area contributed by atoms with E-state index in [0.717, 1.165) is 60.5 Å². The molecule has 3 aromatic rings. The summed E-state index contributed by atoms with van der Waals surface area (Å²) in [6.45, 7) is 4.01. The molecular formula is C24H21BrI2N2O2. The van der Waals surface area contributed by atoms with Crippen LogP contribution in [-0.4, -0.2) is 32.5 Å². The number of nitrogens with zero attached hydrogens (tertiary/aromatic N) is 2. The van der Waals surface area contributed by atoms with Gasteiger partial charge in [0, 0.05) is 29.5 Å². The Balaban J connectivity index is 1.41. The average Bonchev–Trinajstić information content (AvgIpc) is 2.79. The zero-order valence-corrected chi connectivity index (χ0v) is 22.6. The molecule has 0 atom stereocenters. The summed E-state index contributed by atoms with van der Waals surface area (Å²) in [5.74, 6) is 0.913. The fourth-order valence-corrected chi connectivity index (χ4v) is 5.64. The van der Waals surface area contributed by atoms with Gasteiger partial charge in [-0.2, -0.15) is 0 Å². The minimum Gasteiger partial charge on any atom is -0.487 e. The number of benzene rings is 3. The number of aliphatic imine (C=N–C) groups is 1. The maximum absolute atomic E-state index is 6.09. The largest absolute Gasteiger partial charge is 0.487 e. The molecule has 0 unspecified atom stereocenters. The Kier molecular flexibility index (Phi) is 8.24. The first-order valence-electron chi connectivity index (χ1n) is 9.91. The van der Waals surface area contributed by atoms with E-state index in [1.165, 1.54) is 5.69 Å². The number of halogens is 3. The lowest BCUT2D eigenvalue weighted by molar-refractivity contribution is 0.122. The van der Waals surface area contributed by atoms with Crippen molar-refractivity contribution >= 4 is 78.7 Å². The van der Waals surface area contributed by atoms with Crippen LogP contribution in [0.4, 0.5) is 11.4 Å². The van der Waals surface area contributed by atoms with Crippen LogP contribution in [-0.2, 0) is 11.3 Å². The minimum absolute atomic E-state index is 0.544. The van der Waals surface area contributed by atoms with Crippen LogP contribution in [0.5, 0.6) is 5.75 Å². The topological polar surface area (TPSA) is 34.1 Å². The van der Waals surface area contributed by atoms with Crippen molar-refractivity contribution in [1.29, 1.82) is 0 Å². The Morgan fingerprint density at radius 2 is 1.61 bits per heavy atom. The molecule has 0 spiro atoms. The monoisotopic (exact) mass is 702 g/mol. The molecule has 0 N–H and O–H groups in total. The highest BCUT2D eigenvalue weighted by molar-refractivity contribution is 14.1. The van der Waals surface area contributed by atoms with Crippen LogP contribution in [0.15, 0.2) is 70.1 Å². The van der Waals surface area contributed by atoms with Gasteiger partial charge in [0.25, 0.3) is 0 Å². The van der Waals surface area contributed by atoms with Gasteiger partial charge in [-0.15, -0.1) is 0 Å². The standard InChI is InChI=1S/C24H21BrI2N2O2/c25-19-3-1-17(2-4-19)16-31-24-22(26)13-18(14-23(24)27)15-28-20-5-7-21(8-6-20)29-9-11-30-12-10-29/h1-8,13-15H,9-12,16H2. The molecule has 4 rings (SSSR count). The summed E-state index contributed by atoms with van der Waals surface area (Å²) in [6, 6.07) is 20.8. The zero-order valence-electron chi connectivity index (χ0n) is 16.7. The summed E-state index contributed by atoms with van der Waals surface area (Å²) in [4.78, 5) is 7.00. The molecule has 0 radical (unpaired) electrons. The molecule has 4 nitrogen and oxygen atoms in total. The third kappa shape index (κ3) is 6.43. The van der Waals surface area contributed by atoms with Crippen molar-refractivity contribution in [2.45, 2.75) is 6.61 Å². The maximum atomic E-state index is 6.09. The van der Waals surface area contributed by atoms with E-state index in [1.54, 1.807) is 0 Å². The molecular weight excluding hydrogens is 682 g/mol. The summed E-state index contributed by atoms with van der Waals surface area (Å²) in [5.41, 5.74) is 4.36. The highest BCUT2D eigenvalue weighted by atomic mass is 127. The first-order valence-corrected chi connectivity index (χ1v) is 12.9. The Morgan fingerprint density at radius 3 is 2.26 bits per heavy atom. The number of anilines is 1. The molecule has 0 bridgehead atoms. The van der Waals surface area contributed by atoms with Gasteiger partial charge in [0.2, 0.25) is 0 Å². The summed E-state index contributed by atoms with van der Waals surface area (Å²) in [6.07, 6.45) is 1.91. The molecule has 1 saturated heterocycles. The van der Waals surface area contributed by atoms with Crippen molar-refractivity contribution < 1.29 is 9.47 Å². The lowest BCUT2D eigenvalue weighted by atomic mass is 10.2. The fourth-order valence-electron chi connectivity index (χ4n) is 3.25. The van der Waals surface area contributed by atoms with Crippen LogP contribution in [0, 0.1) is 7.14 Å². The van der Waals surface area contributed by atoms with Crippen LogP contribution < -0.4 is 9.64 Å². The lowest BCUT2D eigenvalue weighted by Gasteiger charge is -2.28. The smallest absolute Gasteiger partial charge is 0.146 e. The Morgan fingerprint density at radius 1 is 0.968 bits per heavy atom. The van der Waals surface area contributed by atoms with E-state index in [1.807, 2.05) is 18.3 Å². The predicted molar refractivity (Wildman–Crippen MR) is 147 cm³/mol. The van der Waals surface area contributed by atoms with E-state index in [-0.39, 0.29) is 0 Å². The summed E-state index contributed by atoms with van der Waals surface area (Å²) >= 11 is 8.12. The van der Waals surface area contributed by atoms with Gasteiger partial charge in [0.1, 0.15) is 12.4 Å². The van der Waals surface area contributed by atoms with E-state index < -0.39 is 0 Å². The van der Waals surface area contributed by atoms with E-state index in [4.69, 9.17) is 9.47 Å².